The predicted octanol–water partition coefficient (Wildman–Crippen LogP) is 2.45. The van der Waals surface area contributed by atoms with Crippen molar-refractivity contribution in [2.24, 2.45) is 0 Å². The smallest absolute Gasteiger partial charge is 0.350 e. The Morgan fingerprint density at radius 3 is 2.58 bits per heavy atom. The zero-order valence-corrected chi connectivity index (χ0v) is 16.7. The molecule has 156 valence electrons. The van der Waals surface area contributed by atoms with Crippen molar-refractivity contribution in [1.82, 2.24) is 19.7 Å². The molecule has 0 radical (unpaired) electrons. The molecule has 2 aromatic carbocycles. The van der Waals surface area contributed by atoms with Gasteiger partial charge in [-0.05, 0) is 37.1 Å². The Labute approximate surface area is 176 Å². The van der Waals surface area contributed by atoms with E-state index in [0.29, 0.717) is 11.0 Å². The summed E-state index contributed by atoms with van der Waals surface area (Å²) >= 11 is 0. The summed E-state index contributed by atoms with van der Waals surface area (Å²) in [5, 5.41) is 7.64. The molecule has 1 fully saturated rings. The van der Waals surface area contributed by atoms with E-state index in [-0.39, 0.29) is 35.9 Å². The van der Waals surface area contributed by atoms with Gasteiger partial charge in [-0.2, -0.15) is 5.10 Å². The van der Waals surface area contributed by atoms with E-state index in [9.17, 15) is 14.4 Å². The SMILES string of the molecule is O=C(NCCn1nc(C2CC2)n(-c2ccccc2)c1=O)c1cc(=O)c2ccccc2o1. The van der Waals surface area contributed by atoms with Gasteiger partial charge in [-0.3, -0.25) is 9.59 Å². The number of amides is 1. The van der Waals surface area contributed by atoms with Crippen LogP contribution < -0.4 is 16.4 Å². The lowest BCUT2D eigenvalue weighted by molar-refractivity contribution is 0.0924. The normalized spacial score (nSPS) is 13.4. The predicted molar refractivity (Wildman–Crippen MR) is 115 cm³/mol. The molecule has 2 aromatic heterocycles. The highest BCUT2D eigenvalue weighted by molar-refractivity contribution is 5.93. The molecule has 1 N–H and O–H groups in total. The summed E-state index contributed by atoms with van der Waals surface area (Å²) in [4.78, 5) is 37.6. The molecule has 8 nitrogen and oxygen atoms in total. The van der Waals surface area contributed by atoms with Gasteiger partial charge >= 0.3 is 5.69 Å². The molecule has 0 saturated heterocycles. The quantitative estimate of drug-likeness (QED) is 0.521. The Balaban J connectivity index is 1.33. The highest BCUT2D eigenvalue weighted by Crippen LogP contribution is 2.39. The first-order valence-electron chi connectivity index (χ1n) is 10.2. The summed E-state index contributed by atoms with van der Waals surface area (Å²) < 4.78 is 8.56. The van der Waals surface area contributed by atoms with Gasteiger partial charge < -0.3 is 9.73 Å². The third-order valence-electron chi connectivity index (χ3n) is 5.29. The number of nitrogens with zero attached hydrogens (tertiary/aromatic N) is 3. The van der Waals surface area contributed by atoms with Gasteiger partial charge in [0.15, 0.2) is 11.2 Å². The Kier molecular flexibility index (Phi) is 4.74. The van der Waals surface area contributed by atoms with Gasteiger partial charge in [0.25, 0.3) is 5.91 Å². The minimum absolute atomic E-state index is 0.0652. The second kappa shape index (κ2) is 7.71. The summed E-state index contributed by atoms with van der Waals surface area (Å²) in [6, 6.07) is 17.4. The van der Waals surface area contributed by atoms with Crippen molar-refractivity contribution in [2.75, 3.05) is 6.54 Å². The average Bonchev–Trinajstić information content (AvgIpc) is 3.58. The molecular formula is C23H20N4O4. The van der Waals surface area contributed by atoms with Crippen LogP contribution >= 0.6 is 0 Å². The van der Waals surface area contributed by atoms with Crippen molar-refractivity contribution in [3.05, 3.63) is 93.0 Å². The highest BCUT2D eigenvalue weighted by atomic mass is 16.3. The Bertz CT molecular complexity index is 1380. The number of hydrogen-bond acceptors (Lipinski definition) is 5. The van der Waals surface area contributed by atoms with Crippen molar-refractivity contribution >= 4 is 16.9 Å². The first-order chi connectivity index (χ1) is 15.1. The minimum atomic E-state index is -0.513. The fraction of sp³-hybridized carbons (Fsp3) is 0.217. The number of fused-ring (bicyclic) bond motifs is 1. The van der Waals surface area contributed by atoms with Crippen LogP contribution in [0, 0.1) is 0 Å². The molecule has 0 spiro atoms. The molecular weight excluding hydrogens is 396 g/mol. The number of carbonyl (C=O) groups excluding carboxylic acids is 1. The molecule has 1 amide bonds. The molecule has 0 unspecified atom stereocenters. The first-order valence-corrected chi connectivity index (χ1v) is 10.2. The lowest BCUT2D eigenvalue weighted by atomic mass is 10.2. The third-order valence-corrected chi connectivity index (χ3v) is 5.29. The molecule has 1 saturated carbocycles. The van der Waals surface area contributed by atoms with E-state index in [4.69, 9.17) is 4.42 Å². The molecule has 31 heavy (non-hydrogen) atoms. The van der Waals surface area contributed by atoms with Crippen molar-refractivity contribution in [3.63, 3.8) is 0 Å². The Hall–Kier alpha value is -3.94. The summed E-state index contributed by atoms with van der Waals surface area (Å²) in [6.07, 6.45) is 2.03. The van der Waals surface area contributed by atoms with Gasteiger partial charge in [0.05, 0.1) is 17.6 Å². The highest BCUT2D eigenvalue weighted by Gasteiger charge is 2.31. The van der Waals surface area contributed by atoms with Crippen molar-refractivity contribution < 1.29 is 9.21 Å². The zero-order valence-electron chi connectivity index (χ0n) is 16.7. The summed E-state index contributed by atoms with van der Waals surface area (Å²) in [5.41, 5.74) is 0.619. The van der Waals surface area contributed by atoms with E-state index in [1.54, 1.807) is 28.8 Å². The van der Waals surface area contributed by atoms with Crippen LogP contribution in [0.15, 0.2) is 74.7 Å². The topological polar surface area (TPSA) is 99.1 Å². The maximum absolute atomic E-state index is 13.0. The third kappa shape index (κ3) is 3.68. The van der Waals surface area contributed by atoms with Crippen molar-refractivity contribution in [3.8, 4) is 5.69 Å². The van der Waals surface area contributed by atoms with Crippen molar-refractivity contribution in [2.45, 2.75) is 25.3 Å². The van der Waals surface area contributed by atoms with E-state index in [0.717, 1.165) is 24.4 Å². The van der Waals surface area contributed by atoms with E-state index in [2.05, 4.69) is 10.4 Å². The van der Waals surface area contributed by atoms with Crippen LogP contribution in [-0.2, 0) is 6.54 Å². The molecule has 4 aromatic rings. The van der Waals surface area contributed by atoms with Gasteiger partial charge in [0.1, 0.15) is 11.4 Å². The fourth-order valence-electron chi connectivity index (χ4n) is 3.57. The number of nitrogens with one attached hydrogen (secondary N) is 1. The Morgan fingerprint density at radius 2 is 1.81 bits per heavy atom. The number of aromatic nitrogens is 3. The molecule has 0 bridgehead atoms. The maximum Gasteiger partial charge on any atom is 0.350 e. The number of benzene rings is 2. The molecule has 0 atom stereocenters. The first kappa shape index (κ1) is 19.0. The molecule has 0 aliphatic heterocycles. The van der Waals surface area contributed by atoms with Crippen LogP contribution in [0.25, 0.3) is 16.7 Å². The molecule has 1 aliphatic rings. The number of carbonyl (C=O) groups is 1. The van der Waals surface area contributed by atoms with E-state index in [1.807, 2.05) is 30.3 Å². The van der Waals surface area contributed by atoms with Crippen LogP contribution in [0.4, 0.5) is 0 Å². The second-order valence-corrected chi connectivity index (χ2v) is 7.54. The van der Waals surface area contributed by atoms with Crippen LogP contribution in [0.5, 0.6) is 0 Å². The van der Waals surface area contributed by atoms with E-state index >= 15 is 0 Å². The van der Waals surface area contributed by atoms with Gasteiger partial charge in [-0.1, -0.05) is 30.3 Å². The summed E-state index contributed by atoms with van der Waals surface area (Å²) in [6.45, 7) is 0.382. The van der Waals surface area contributed by atoms with Crippen LogP contribution in [0.2, 0.25) is 0 Å². The maximum atomic E-state index is 13.0. The number of rotatable bonds is 6. The van der Waals surface area contributed by atoms with Crippen LogP contribution in [-0.4, -0.2) is 26.8 Å². The lowest BCUT2D eigenvalue weighted by Crippen LogP contribution is -2.32. The molecule has 1 aliphatic carbocycles. The van der Waals surface area contributed by atoms with Gasteiger partial charge in [0, 0.05) is 18.5 Å². The fourth-order valence-corrected chi connectivity index (χ4v) is 3.57. The zero-order chi connectivity index (χ0) is 21.4. The summed E-state index contributed by atoms with van der Waals surface area (Å²) in [7, 11) is 0. The van der Waals surface area contributed by atoms with Gasteiger partial charge in [0.2, 0.25) is 0 Å². The average molecular weight is 416 g/mol. The largest absolute Gasteiger partial charge is 0.451 e. The molecule has 5 rings (SSSR count). The standard InChI is InChI=1S/C23H20N4O4/c28-18-14-20(31-19-9-5-4-8-17(18)19)22(29)24-12-13-26-23(30)27(16-6-2-1-3-7-16)21(25-26)15-10-11-15/h1-9,14-15H,10-13H2,(H,24,29). The number of hydrogen-bond donors (Lipinski definition) is 1. The molecule has 2 heterocycles. The second-order valence-electron chi connectivity index (χ2n) is 7.54. The van der Waals surface area contributed by atoms with Crippen LogP contribution in [0.1, 0.15) is 35.1 Å². The van der Waals surface area contributed by atoms with Gasteiger partial charge in [-0.15, -0.1) is 0 Å². The van der Waals surface area contributed by atoms with Crippen LogP contribution in [0.3, 0.4) is 0 Å². The monoisotopic (exact) mass is 416 g/mol. The molecule has 8 heteroatoms. The van der Waals surface area contributed by atoms with Gasteiger partial charge in [-0.25, -0.2) is 14.0 Å². The summed E-state index contributed by atoms with van der Waals surface area (Å²) in [5.74, 6) is 0.462. The lowest BCUT2D eigenvalue weighted by Gasteiger charge is -2.05. The van der Waals surface area contributed by atoms with E-state index in [1.165, 1.54) is 10.7 Å². The van der Waals surface area contributed by atoms with E-state index < -0.39 is 5.91 Å². The Morgan fingerprint density at radius 1 is 1.06 bits per heavy atom. The van der Waals surface area contributed by atoms with Crippen molar-refractivity contribution in [1.29, 1.82) is 0 Å². The minimum Gasteiger partial charge on any atom is -0.451 e. The number of para-hydroxylation sites is 2.